The summed E-state index contributed by atoms with van der Waals surface area (Å²) >= 11 is 0. The molecule has 2 aromatic rings. The van der Waals surface area contributed by atoms with Crippen molar-refractivity contribution in [2.75, 3.05) is 12.9 Å². The topological polar surface area (TPSA) is 80.7 Å². The molecule has 2 aromatic carbocycles. The average molecular weight is 344 g/mol. The van der Waals surface area contributed by atoms with Crippen molar-refractivity contribution in [2.45, 2.75) is 11.3 Å². The van der Waals surface area contributed by atoms with E-state index >= 15 is 0 Å². The van der Waals surface area contributed by atoms with E-state index in [-0.39, 0.29) is 4.90 Å². The fourth-order valence-electron chi connectivity index (χ4n) is 1.90. The molecule has 0 aliphatic rings. The summed E-state index contributed by atoms with van der Waals surface area (Å²) in [7, 11) is -2.00. The van der Waals surface area contributed by atoms with Gasteiger partial charge in [0.2, 0.25) is 0 Å². The van der Waals surface area contributed by atoms with Crippen LogP contribution in [0.3, 0.4) is 0 Å². The molecular formula is C18H16O5S. The molecule has 0 atom stereocenters. The van der Waals surface area contributed by atoms with Gasteiger partial charge in [0.25, 0.3) is 0 Å². The van der Waals surface area contributed by atoms with Crippen LogP contribution in [0, 0.1) is 11.8 Å². The number of methoxy groups -OCH3 is 1. The highest BCUT2D eigenvalue weighted by Gasteiger charge is 2.15. The van der Waals surface area contributed by atoms with Gasteiger partial charge >= 0.3 is 5.97 Å². The second kappa shape index (κ2) is 7.66. The molecule has 0 bridgehead atoms. The van der Waals surface area contributed by atoms with Gasteiger partial charge in [-0.2, -0.15) is 0 Å². The molecule has 0 amide bonds. The van der Waals surface area contributed by atoms with Crippen LogP contribution >= 0.6 is 0 Å². The van der Waals surface area contributed by atoms with Crippen molar-refractivity contribution in [3.8, 4) is 17.6 Å². The third-order valence-corrected chi connectivity index (χ3v) is 4.97. The maximum Gasteiger partial charge on any atom is 0.304 e. The van der Waals surface area contributed by atoms with Gasteiger partial charge in [-0.15, -0.1) is 0 Å². The van der Waals surface area contributed by atoms with Gasteiger partial charge in [-0.3, -0.25) is 4.79 Å². The maximum absolute atomic E-state index is 12.0. The van der Waals surface area contributed by atoms with Crippen LogP contribution in [0.1, 0.15) is 17.5 Å². The number of hydrogen-bond donors (Lipinski definition) is 1. The number of benzene rings is 2. The number of hydrogen-bond acceptors (Lipinski definition) is 4. The van der Waals surface area contributed by atoms with Crippen molar-refractivity contribution in [1.82, 2.24) is 0 Å². The number of rotatable bonds is 5. The summed E-state index contributed by atoms with van der Waals surface area (Å²) in [5, 5.41) is 8.59. The average Bonchev–Trinajstić information content (AvgIpc) is 2.59. The predicted molar refractivity (Wildman–Crippen MR) is 89.7 cm³/mol. The molecule has 0 aliphatic heterocycles. The molecule has 1 N–H and O–H groups in total. The summed E-state index contributed by atoms with van der Waals surface area (Å²) in [6.45, 7) is 0. The lowest BCUT2D eigenvalue weighted by molar-refractivity contribution is -0.136. The molecule has 0 unspecified atom stereocenters. The Morgan fingerprint density at radius 3 is 1.96 bits per heavy atom. The van der Waals surface area contributed by atoms with Crippen LogP contribution in [0.2, 0.25) is 0 Å². The summed E-state index contributed by atoms with van der Waals surface area (Å²) in [5.41, 5.74) is 1.48. The molecule has 0 aromatic heterocycles. The van der Waals surface area contributed by atoms with Gasteiger partial charge in [0.05, 0.1) is 24.2 Å². The van der Waals surface area contributed by atoms with Gasteiger partial charge in [-0.1, -0.05) is 11.8 Å². The standard InChI is InChI=1S/C18H16O5S/c1-23-16-8-4-14(5-9-16)2-3-15-6-10-17(11-7-15)24(21,22)13-12-18(19)20/h4-11H,12-13H2,1H3,(H,19,20). The lowest BCUT2D eigenvalue weighted by Gasteiger charge is -2.02. The smallest absolute Gasteiger partial charge is 0.304 e. The van der Waals surface area contributed by atoms with Gasteiger partial charge in [-0.25, -0.2) is 8.42 Å². The SMILES string of the molecule is COc1ccc(C#Cc2ccc(S(=O)(=O)CCC(=O)O)cc2)cc1. The highest BCUT2D eigenvalue weighted by atomic mass is 32.2. The van der Waals surface area contributed by atoms with E-state index in [1.807, 2.05) is 24.3 Å². The zero-order valence-electron chi connectivity index (χ0n) is 13.0. The largest absolute Gasteiger partial charge is 0.497 e. The van der Waals surface area contributed by atoms with Crippen molar-refractivity contribution in [3.05, 3.63) is 59.7 Å². The van der Waals surface area contributed by atoms with E-state index in [0.29, 0.717) is 5.56 Å². The Labute approximate surface area is 140 Å². The first-order valence-electron chi connectivity index (χ1n) is 7.11. The summed E-state index contributed by atoms with van der Waals surface area (Å²) in [5.74, 6) is 5.12. The number of carbonyl (C=O) groups is 1. The molecule has 124 valence electrons. The lowest BCUT2D eigenvalue weighted by atomic mass is 10.2. The van der Waals surface area contributed by atoms with E-state index in [2.05, 4.69) is 11.8 Å². The van der Waals surface area contributed by atoms with Crippen molar-refractivity contribution < 1.29 is 23.1 Å². The number of ether oxygens (including phenoxy) is 1. The molecule has 2 rings (SSSR count). The van der Waals surface area contributed by atoms with Crippen LogP contribution in [-0.2, 0) is 14.6 Å². The first kappa shape index (κ1) is 17.6. The molecule has 24 heavy (non-hydrogen) atoms. The third kappa shape index (κ3) is 4.86. The molecule has 0 fully saturated rings. The Kier molecular flexibility index (Phi) is 5.61. The molecular weight excluding hydrogens is 328 g/mol. The number of sulfone groups is 1. The first-order valence-corrected chi connectivity index (χ1v) is 8.76. The minimum atomic E-state index is -3.59. The molecule has 0 saturated carbocycles. The fraction of sp³-hybridized carbons (Fsp3) is 0.167. The zero-order chi connectivity index (χ0) is 17.6. The second-order valence-corrected chi connectivity index (χ2v) is 7.07. The van der Waals surface area contributed by atoms with Gasteiger partial charge in [0.1, 0.15) is 5.75 Å². The maximum atomic E-state index is 12.0. The van der Waals surface area contributed by atoms with Crippen LogP contribution in [0.4, 0.5) is 0 Å². The molecule has 5 nitrogen and oxygen atoms in total. The van der Waals surface area contributed by atoms with Gasteiger partial charge in [0.15, 0.2) is 9.84 Å². The number of carboxylic acids is 1. The van der Waals surface area contributed by atoms with Crippen LogP contribution < -0.4 is 4.74 Å². The minimum Gasteiger partial charge on any atom is -0.497 e. The van der Waals surface area contributed by atoms with E-state index in [1.54, 1.807) is 19.2 Å². The van der Waals surface area contributed by atoms with Crippen molar-refractivity contribution >= 4 is 15.8 Å². The number of carboxylic acid groups (broad SMARTS) is 1. The van der Waals surface area contributed by atoms with E-state index in [4.69, 9.17) is 9.84 Å². The van der Waals surface area contributed by atoms with Crippen molar-refractivity contribution in [2.24, 2.45) is 0 Å². The second-order valence-electron chi connectivity index (χ2n) is 4.97. The Morgan fingerprint density at radius 1 is 1.00 bits per heavy atom. The fourth-order valence-corrected chi connectivity index (χ4v) is 3.13. The van der Waals surface area contributed by atoms with Crippen LogP contribution in [-0.4, -0.2) is 32.4 Å². The van der Waals surface area contributed by atoms with Crippen LogP contribution in [0.25, 0.3) is 0 Å². The van der Waals surface area contributed by atoms with Gasteiger partial charge in [-0.05, 0) is 48.5 Å². The Balaban J connectivity index is 2.12. The highest BCUT2D eigenvalue weighted by Crippen LogP contribution is 2.14. The van der Waals surface area contributed by atoms with Crippen LogP contribution in [0.5, 0.6) is 5.75 Å². The summed E-state index contributed by atoms with van der Waals surface area (Å²) < 4.78 is 29.0. The van der Waals surface area contributed by atoms with E-state index in [9.17, 15) is 13.2 Å². The Morgan fingerprint density at radius 2 is 1.50 bits per heavy atom. The van der Waals surface area contributed by atoms with E-state index < -0.39 is 28.0 Å². The summed E-state index contributed by atoms with van der Waals surface area (Å²) in [4.78, 5) is 10.6. The Bertz CT molecular complexity index is 870. The van der Waals surface area contributed by atoms with E-state index in [0.717, 1.165) is 11.3 Å². The monoisotopic (exact) mass is 344 g/mol. The molecule has 0 radical (unpaired) electrons. The molecule has 0 saturated heterocycles. The van der Waals surface area contributed by atoms with Gasteiger partial charge < -0.3 is 9.84 Å². The Hall–Kier alpha value is -2.78. The lowest BCUT2D eigenvalue weighted by Crippen LogP contribution is -2.10. The zero-order valence-corrected chi connectivity index (χ0v) is 13.8. The summed E-state index contributed by atoms with van der Waals surface area (Å²) in [6, 6.07) is 13.4. The first-order chi connectivity index (χ1) is 11.4. The third-order valence-electron chi connectivity index (χ3n) is 3.24. The molecule has 6 heteroatoms. The van der Waals surface area contributed by atoms with Gasteiger partial charge in [0, 0.05) is 11.1 Å². The van der Waals surface area contributed by atoms with Crippen molar-refractivity contribution in [3.63, 3.8) is 0 Å². The minimum absolute atomic E-state index is 0.0961. The quantitative estimate of drug-likeness (QED) is 0.842. The van der Waals surface area contributed by atoms with E-state index in [1.165, 1.54) is 12.1 Å². The predicted octanol–water partition coefficient (Wildman–Crippen LogP) is 2.34. The number of aliphatic carboxylic acids is 1. The molecule has 0 heterocycles. The molecule has 0 aliphatic carbocycles. The van der Waals surface area contributed by atoms with Crippen LogP contribution in [0.15, 0.2) is 53.4 Å². The molecule has 0 spiro atoms. The normalized spacial score (nSPS) is 10.5. The van der Waals surface area contributed by atoms with Crippen molar-refractivity contribution in [1.29, 1.82) is 0 Å². The highest BCUT2D eigenvalue weighted by molar-refractivity contribution is 7.91. The summed E-state index contributed by atoms with van der Waals surface area (Å²) in [6.07, 6.45) is -0.415.